The predicted octanol–water partition coefficient (Wildman–Crippen LogP) is 0.470. The molecule has 2 aromatic carbocycles. The summed E-state index contributed by atoms with van der Waals surface area (Å²) in [6.45, 7) is 11.2. The molecular weight excluding hydrogens is 454 g/mol. The number of nitrogen functional groups attached to an aromatic ring is 2. The van der Waals surface area contributed by atoms with Gasteiger partial charge in [-0.2, -0.15) is 0 Å². The Hall–Kier alpha value is -1.93. The van der Waals surface area contributed by atoms with Crippen molar-refractivity contribution in [1.29, 1.82) is 0 Å². The number of nitrogens with two attached hydrogens (primary N) is 2. The summed E-state index contributed by atoms with van der Waals surface area (Å²) < 4.78 is 9.97. The third-order valence-electron chi connectivity index (χ3n) is 5.41. The Labute approximate surface area is 233 Å². The zero-order valence-corrected chi connectivity index (χ0v) is 21.4. The molecule has 5 N–H and O–H groups in total. The standard InChI is InChI=1S/C12H17NO2.C10H13NO2.C4H8O.Al.Li.4H/c1-4-15-11(14)12(2,3)9-5-7-10(13)8-6-9;1-10(2,9(12)13)7-3-5-8(11)6-4-7;1-2-4-5-3-1;;;;;;/h5-8H,4,13H2,1-3H3;3-6H,11H2,1-2H3,(H,12,13);1-4H2;;;;;;/q;;;;+1;;;;-1. The normalized spacial score (nSPS) is 12.4. The van der Waals surface area contributed by atoms with E-state index in [0.717, 1.165) is 24.3 Å². The Bertz CT molecular complexity index is 883. The number of anilines is 2. The van der Waals surface area contributed by atoms with Gasteiger partial charge in [-0.25, -0.2) is 0 Å². The van der Waals surface area contributed by atoms with Crippen LogP contribution in [-0.4, -0.2) is 54.2 Å². The van der Waals surface area contributed by atoms with E-state index in [1.165, 1.54) is 12.8 Å². The van der Waals surface area contributed by atoms with Crippen LogP contribution >= 0.6 is 0 Å². The molecule has 0 unspecified atom stereocenters. The molecule has 1 heterocycles. The van der Waals surface area contributed by atoms with Crippen LogP contribution in [0.15, 0.2) is 48.5 Å². The van der Waals surface area contributed by atoms with Crippen molar-refractivity contribution in [2.45, 2.75) is 58.3 Å². The zero-order valence-electron chi connectivity index (χ0n) is 22.4. The number of carbonyl (C=O) groups excluding carboxylic acids is 1. The third kappa shape index (κ3) is 11.6. The van der Waals surface area contributed by atoms with Gasteiger partial charge in [0.2, 0.25) is 0 Å². The second-order valence-corrected chi connectivity index (χ2v) is 8.84. The van der Waals surface area contributed by atoms with E-state index in [1.54, 1.807) is 57.2 Å². The number of benzene rings is 2. The first-order valence-electron chi connectivity index (χ1n) is 11.1. The van der Waals surface area contributed by atoms with Crippen molar-refractivity contribution in [2.75, 3.05) is 31.3 Å². The van der Waals surface area contributed by atoms with E-state index < -0.39 is 16.8 Å². The zero-order chi connectivity index (χ0) is 25.1. The average Bonchev–Trinajstić information content (AvgIpc) is 3.35. The molecule has 7 nitrogen and oxygen atoms in total. The molecule has 190 valence electrons. The molecule has 3 rings (SSSR count). The van der Waals surface area contributed by atoms with Gasteiger partial charge in [0.25, 0.3) is 0 Å². The van der Waals surface area contributed by atoms with Crippen LogP contribution in [0.25, 0.3) is 0 Å². The molecule has 35 heavy (non-hydrogen) atoms. The van der Waals surface area contributed by atoms with E-state index >= 15 is 0 Å². The van der Waals surface area contributed by atoms with Crippen LogP contribution in [0.5, 0.6) is 0 Å². The monoisotopic (exact) mass is 496 g/mol. The van der Waals surface area contributed by atoms with Gasteiger partial charge in [-0.1, -0.05) is 24.3 Å². The fourth-order valence-corrected chi connectivity index (χ4v) is 2.86. The summed E-state index contributed by atoms with van der Waals surface area (Å²) in [4.78, 5) is 22.6. The second kappa shape index (κ2) is 16.7. The molecule has 1 aliphatic rings. The number of aliphatic carboxylic acids is 1. The van der Waals surface area contributed by atoms with Crippen molar-refractivity contribution >= 4 is 40.7 Å². The average molecular weight is 497 g/mol. The molecule has 1 saturated heterocycles. The number of carbonyl (C=O) groups is 2. The molecule has 1 aliphatic heterocycles. The van der Waals surface area contributed by atoms with Gasteiger partial charge in [0.1, 0.15) is 0 Å². The molecule has 0 spiro atoms. The van der Waals surface area contributed by atoms with Gasteiger partial charge in [0.05, 0.1) is 17.4 Å². The van der Waals surface area contributed by atoms with Crippen LogP contribution in [0, 0.1) is 0 Å². The Morgan fingerprint density at radius 1 is 0.886 bits per heavy atom. The largest absolute Gasteiger partial charge is 1.00 e. The van der Waals surface area contributed by atoms with Crippen molar-refractivity contribution < 1.29 is 44.5 Å². The van der Waals surface area contributed by atoms with Gasteiger partial charge in [0, 0.05) is 24.6 Å². The minimum Gasteiger partial charge on any atom is -1.00 e. The summed E-state index contributed by atoms with van der Waals surface area (Å²) >= 11 is 0. The number of carboxylic acid groups (broad SMARTS) is 1. The van der Waals surface area contributed by atoms with Gasteiger partial charge in [-0.3, -0.25) is 9.59 Å². The van der Waals surface area contributed by atoms with Gasteiger partial charge in [-0.15, -0.1) is 0 Å². The number of esters is 1. The topological polar surface area (TPSA) is 125 Å². The van der Waals surface area contributed by atoms with Crippen LogP contribution in [0.4, 0.5) is 11.4 Å². The first kappa shape index (κ1) is 35.2. The van der Waals surface area contributed by atoms with Crippen LogP contribution in [0.2, 0.25) is 0 Å². The minimum absolute atomic E-state index is 0. The summed E-state index contributed by atoms with van der Waals surface area (Å²) in [6.07, 6.45) is 2.56. The Morgan fingerprint density at radius 3 is 1.54 bits per heavy atom. The predicted molar refractivity (Wildman–Crippen MR) is 143 cm³/mol. The van der Waals surface area contributed by atoms with E-state index in [2.05, 4.69) is 0 Å². The summed E-state index contributed by atoms with van der Waals surface area (Å²) in [5, 5.41) is 8.93. The molecule has 2 aromatic rings. The van der Waals surface area contributed by atoms with Crippen molar-refractivity contribution in [3.63, 3.8) is 0 Å². The minimum atomic E-state index is -0.853. The molecule has 9 heteroatoms. The molecule has 1 fully saturated rings. The SMILES string of the molecule is C1CCOC1.CC(C)(C(=O)O)c1ccc(N)cc1.CCOC(=O)C(C)(C)c1ccc(N)cc1.[AlH3].[H-].[Li+]. The quantitative estimate of drug-likeness (QED) is 0.312. The van der Waals surface area contributed by atoms with Crippen molar-refractivity contribution in [1.82, 2.24) is 0 Å². The van der Waals surface area contributed by atoms with Crippen molar-refractivity contribution in [3.05, 3.63) is 59.7 Å². The first-order valence-corrected chi connectivity index (χ1v) is 11.1. The van der Waals surface area contributed by atoms with E-state index in [4.69, 9.17) is 26.0 Å². The van der Waals surface area contributed by atoms with Crippen LogP contribution in [0.3, 0.4) is 0 Å². The van der Waals surface area contributed by atoms with Gasteiger partial charge in [-0.05, 0) is 82.9 Å². The van der Waals surface area contributed by atoms with Crippen LogP contribution < -0.4 is 30.3 Å². The van der Waals surface area contributed by atoms with Crippen molar-refractivity contribution in [3.8, 4) is 0 Å². The molecule has 0 bridgehead atoms. The second-order valence-electron chi connectivity index (χ2n) is 8.84. The van der Waals surface area contributed by atoms with Crippen LogP contribution in [0.1, 0.15) is 60.0 Å². The molecule has 0 amide bonds. The van der Waals surface area contributed by atoms with Crippen molar-refractivity contribution in [2.24, 2.45) is 0 Å². The Morgan fingerprint density at radius 2 is 1.26 bits per heavy atom. The van der Waals surface area contributed by atoms with Crippen LogP contribution in [-0.2, 0) is 29.9 Å². The number of hydrogen-bond acceptors (Lipinski definition) is 6. The fourth-order valence-electron chi connectivity index (χ4n) is 2.86. The Kier molecular flexibility index (Phi) is 16.8. The summed E-state index contributed by atoms with van der Waals surface area (Å²) in [5.41, 5.74) is 12.6. The smallest absolute Gasteiger partial charge is 1.00 e. The number of hydrogen-bond donors (Lipinski definition) is 3. The first-order chi connectivity index (χ1) is 15.4. The molecule has 0 atom stereocenters. The molecular formula is C26H42AlLiN2O5. The van der Waals surface area contributed by atoms with Gasteiger partial charge in [0.15, 0.2) is 17.4 Å². The number of carboxylic acids is 1. The fraction of sp³-hybridized carbons (Fsp3) is 0.462. The van der Waals surface area contributed by atoms with E-state index in [0.29, 0.717) is 18.0 Å². The molecule has 0 saturated carbocycles. The van der Waals surface area contributed by atoms with E-state index in [1.807, 2.05) is 26.0 Å². The summed E-state index contributed by atoms with van der Waals surface area (Å²) in [7, 11) is 0. The number of ether oxygens (including phenoxy) is 2. The maximum atomic E-state index is 11.7. The molecule has 0 aromatic heterocycles. The summed E-state index contributed by atoms with van der Waals surface area (Å²) in [5.74, 6) is -1.05. The van der Waals surface area contributed by atoms with E-state index in [9.17, 15) is 9.59 Å². The molecule has 0 aliphatic carbocycles. The number of rotatable bonds is 5. The van der Waals surface area contributed by atoms with Gasteiger partial charge >= 0.3 is 30.8 Å². The maximum absolute atomic E-state index is 11.7. The molecule has 0 radical (unpaired) electrons. The third-order valence-corrected chi connectivity index (χ3v) is 5.41. The van der Waals surface area contributed by atoms with Gasteiger partial charge < -0.3 is 27.5 Å². The maximum Gasteiger partial charge on any atom is 1.00 e. The van der Waals surface area contributed by atoms with E-state index in [-0.39, 0.29) is 43.6 Å². The summed E-state index contributed by atoms with van der Waals surface area (Å²) in [6, 6.07) is 14.2. The Balaban J connectivity index is -0.000000475.